The molecule has 1 aromatic rings. The zero-order valence-electron chi connectivity index (χ0n) is 14.3. The highest BCUT2D eigenvalue weighted by molar-refractivity contribution is 5.89. The molecule has 0 amide bonds. The molecule has 1 aromatic carbocycles. The van der Waals surface area contributed by atoms with Gasteiger partial charge in [-0.1, -0.05) is 18.2 Å². The fourth-order valence-corrected chi connectivity index (χ4v) is 5.38. The number of fused-ring (bicyclic) bond motifs is 2. The number of ether oxygens (including phenoxy) is 1. The van der Waals surface area contributed by atoms with E-state index in [0.29, 0.717) is 18.4 Å². The third-order valence-corrected chi connectivity index (χ3v) is 6.45. The molecule has 25 heavy (non-hydrogen) atoms. The van der Waals surface area contributed by atoms with Gasteiger partial charge in [0.2, 0.25) is 0 Å². The molecule has 3 aliphatic rings. The average Bonchev–Trinajstić information content (AvgIpc) is 2.59. The Hall–Kier alpha value is -1.43. The van der Waals surface area contributed by atoms with E-state index >= 15 is 0 Å². The molecule has 3 N–H and O–H groups in total. The van der Waals surface area contributed by atoms with Crippen LogP contribution in [0.4, 0.5) is 0 Å². The minimum Gasteiger partial charge on any atom is -0.478 e. The lowest BCUT2D eigenvalue weighted by molar-refractivity contribution is -0.177. The highest BCUT2D eigenvalue weighted by Crippen LogP contribution is 2.52. The van der Waals surface area contributed by atoms with Crippen LogP contribution in [0.15, 0.2) is 24.3 Å². The molecule has 4 rings (SSSR count). The molecule has 2 aliphatic carbocycles. The minimum absolute atomic E-state index is 0.0536. The van der Waals surface area contributed by atoms with Crippen LogP contribution < -0.4 is 0 Å². The smallest absolute Gasteiger partial charge is 0.335 e. The maximum absolute atomic E-state index is 11.8. The van der Waals surface area contributed by atoms with Crippen molar-refractivity contribution in [3.8, 4) is 0 Å². The Morgan fingerprint density at radius 3 is 2.04 bits per heavy atom. The van der Waals surface area contributed by atoms with Gasteiger partial charge in [0.25, 0.3) is 0 Å². The molecule has 3 fully saturated rings. The number of carboxylic acids is 1. The molecular formula is C20H26O5. The zero-order valence-corrected chi connectivity index (χ0v) is 14.3. The van der Waals surface area contributed by atoms with Gasteiger partial charge < -0.3 is 20.1 Å². The monoisotopic (exact) mass is 346 g/mol. The number of aromatic carboxylic acids is 1. The normalized spacial score (nSPS) is 40.8. The van der Waals surface area contributed by atoms with Crippen LogP contribution in [-0.4, -0.2) is 45.7 Å². The van der Waals surface area contributed by atoms with Crippen molar-refractivity contribution in [3.05, 3.63) is 35.4 Å². The fourth-order valence-electron chi connectivity index (χ4n) is 5.38. The van der Waals surface area contributed by atoms with Gasteiger partial charge in [-0.2, -0.15) is 0 Å². The topological polar surface area (TPSA) is 87.0 Å². The molecule has 6 unspecified atom stereocenters. The molecule has 1 aliphatic heterocycles. The number of aliphatic hydroxyl groups excluding tert-OH is 2. The molecule has 0 aromatic heterocycles. The number of hydrogen-bond donors (Lipinski definition) is 3. The van der Waals surface area contributed by atoms with E-state index in [0.717, 1.165) is 31.2 Å². The molecule has 136 valence electrons. The molecule has 0 radical (unpaired) electrons. The van der Waals surface area contributed by atoms with Gasteiger partial charge in [-0.3, -0.25) is 0 Å². The van der Waals surface area contributed by atoms with Crippen molar-refractivity contribution in [2.75, 3.05) is 0 Å². The van der Waals surface area contributed by atoms with Crippen molar-refractivity contribution in [2.24, 2.45) is 11.8 Å². The minimum atomic E-state index is -0.887. The second kappa shape index (κ2) is 6.71. The summed E-state index contributed by atoms with van der Waals surface area (Å²) >= 11 is 0. The second-order valence-corrected chi connectivity index (χ2v) is 7.89. The Labute approximate surface area is 147 Å². The summed E-state index contributed by atoms with van der Waals surface area (Å²) in [7, 11) is 0. The predicted octanol–water partition coefficient (Wildman–Crippen LogP) is 2.56. The maximum atomic E-state index is 11.8. The summed E-state index contributed by atoms with van der Waals surface area (Å²) in [6.07, 6.45) is 3.62. The Bertz CT molecular complexity index is 619. The Balaban J connectivity index is 1.75. The van der Waals surface area contributed by atoms with E-state index in [4.69, 9.17) is 4.74 Å². The highest BCUT2D eigenvalue weighted by atomic mass is 16.5. The number of rotatable bonds is 2. The van der Waals surface area contributed by atoms with E-state index in [9.17, 15) is 20.1 Å². The Morgan fingerprint density at radius 1 is 0.920 bits per heavy atom. The van der Waals surface area contributed by atoms with Gasteiger partial charge in [0.05, 0.1) is 30.0 Å². The second-order valence-electron chi connectivity index (χ2n) is 7.89. The number of carbonyl (C=O) groups is 1. The van der Waals surface area contributed by atoms with Crippen LogP contribution in [-0.2, 0) is 4.74 Å². The number of hydrogen-bond acceptors (Lipinski definition) is 4. The quantitative estimate of drug-likeness (QED) is 0.766. The summed E-state index contributed by atoms with van der Waals surface area (Å²) in [5, 5.41) is 29.8. The maximum Gasteiger partial charge on any atom is 0.335 e. The van der Waals surface area contributed by atoms with Crippen molar-refractivity contribution in [2.45, 2.75) is 68.9 Å². The van der Waals surface area contributed by atoms with Gasteiger partial charge in [-0.25, -0.2) is 4.79 Å². The zero-order chi connectivity index (χ0) is 17.6. The van der Waals surface area contributed by atoms with Gasteiger partial charge in [0.1, 0.15) is 0 Å². The van der Waals surface area contributed by atoms with Crippen LogP contribution in [0.2, 0.25) is 0 Å². The first-order chi connectivity index (χ1) is 12.0. The highest BCUT2D eigenvalue weighted by Gasteiger charge is 2.50. The first-order valence-corrected chi connectivity index (χ1v) is 9.38. The summed E-state index contributed by atoms with van der Waals surface area (Å²) in [6, 6.07) is 7.32. The van der Waals surface area contributed by atoms with Crippen LogP contribution in [0.5, 0.6) is 0 Å². The molecule has 1 heterocycles. The standard InChI is InChI=1S/C20H26O5/c21-11-5-7-15-17(9-11)25-18-10-12(22)6-8-16(18)19(15)13-3-1-2-4-14(13)20(23)24/h1-4,11-12,15-19,21-22H,5-10H2,(H,23,24). The fraction of sp³-hybridized carbons (Fsp3) is 0.650. The summed E-state index contributed by atoms with van der Waals surface area (Å²) in [4.78, 5) is 11.8. The van der Waals surface area contributed by atoms with E-state index in [1.54, 1.807) is 12.1 Å². The lowest BCUT2D eigenvalue weighted by Crippen LogP contribution is -2.52. The van der Waals surface area contributed by atoms with Crippen molar-refractivity contribution in [1.29, 1.82) is 0 Å². The summed E-state index contributed by atoms with van der Waals surface area (Å²) < 4.78 is 6.32. The summed E-state index contributed by atoms with van der Waals surface area (Å²) in [5.41, 5.74) is 1.28. The summed E-state index contributed by atoms with van der Waals surface area (Å²) in [6.45, 7) is 0. The van der Waals surface area contributed by atoms with E-state index in [1.807, 2.05) is 12.1 Å². The molecule has 2 saturated carbocycles. The first-order valence-electron chi connectivity index (χ1n) is 9.38. The lowest BCUT2D eigenvalue weighted by Gasteiger charge is -2.52. The third-order valence-electron chi connectivity index (χ3n) is 6.45. The molecule has 6 atom stereocenters. The van der Waals surface area contributed by atoms with Gasteiger partial charge in [0, 0.05) is 0 Å². The van der Waals surface area contributed by atoms with E-state index < -0.39 is 5.97 Å². The van der Waals surface area contributed by atoms with Crippen molar-refractivity contribution in [3.63, 3.8) is 0 Å². The van der Waals surface area contributed by atoms with Crippen molar-refractivity contribution < 1.29 is 24.9 Å². The Kier molecular flexibility index (Phi) is 4.56. The Morgan fingerprint density at radius 2 is 1.48 bits per heavy atom. The van der Waals surface area contributed by atoms with Crippen molar-refractivity contribution >= 4 is 5.97 Å². The molecular weight excluding hydrogens is 320 g/mol. The largest absolute Gasteiger partial charge is 0.478 e. The van der Waals surface area contributed by atoms with Crippen LogP contribution in [0.25, 0.3) is 0 Å². The van der Waals surface area contributed by atoms with E-state index in [2.05, 4.69) is 0 Å². The van der Waals surface area contributed by atoms with Crippen molar-refractivity contribution in [1.82, 2.24) is 0 Å². The molecule has 0 bridgehead atoms. The number of benzene rings is 1. The molecule has 5 heteroatoms. The molecule has 5 nitrogen and oxygen atoms in total. The number of aliphatic hydroxyl groups is 2. The molecule has 1 saturated heterocycles. The first kappa shape index (κ1) is 17.0. The SMILES string of the molecule is O=C(O)c1ccccc1C1C2CCC(O)CC2OC2CC(O)CCC21. The van der Waals surface area contributed by atoms with Gasteiger partial charge in [0.15, 0.2) is 0 Å². The van der Waals surface area contributed by atoms with Crippen LogP contribution in [0.3, 0.4) is 0 Å². The van der Waals surface area contributed by atoms with Crippen LogP contribution >= 0.6 is 0 Å². The summed E-state index contributed by atoms with van der Waals surface area (Å²) in [5.74, 6) is -0.293. The van der Waals surface area contributed by atoms with E-state index in [-0.39, 0.29) is 42.2 Å². The average molecular weight is 346 g/mol. The predicted molar refractivity (Wildman–Crippen MR) is 91.5 cm³/mol. The van der Waals surface area contributed by atoms with E-state index in [1.165, 1.54) is 0 Å². The van der Waals surface area contributed by atoms with Crippen LogP contribution in [0.1, 0.15) is 60.4 Å². The van der Waals surface area contributed by atoms with Crippen LogP contribution in [0, 0.1) is 11.8 Å². The van der Waals surface area contributed by atoms with Gasteiger partial charge in [-0.05, 0) is 67.9 Å². The third kappa shape index (κ3) is 3.09. The van der Waals surface area contributed by atoms with Gasteiger partial charge in [-0.15, -0.1) is 0 Å². The lowest BCUT2D eigenvalue weighted by atomic mass is 9.62. The van der Waals surface area contributed by atoms with Gasteiger partial charge >= 0.3 is 5.97 Å². The number of carboxylic acid groups (broad SMARTS) is 1. The molecule has 0 spiro atoms.